The molecule has 0 fully saturated rings. The van der Waals surface area contributed by atoms with Crippen molar-refractivity contribution in [2.24, 2.45) is 0 Å². The maximum atomic E-state index is 12.6. The lowest BCUT2D eigenvalue weighted by molar-refractivity contribution is 0.233. The Balaban J connectivity index is 1.57. The molecule has 4 heterocycles. The van der Waals surface area contributed by atoms with Crippen LogP contribution >= 0.6 is 38.6 Å². The van der Waals surface area contributed by atoms with Gasteiger partial charge in [0.05, 0.1) is 23.0 Å². The van der Waals surface area contributed by atoms with E-state index in [2.05, 4.69) is 44.3 Å². The number of aryl methyl sites for hydroxylation is 2. The first-order valence-electron chi connectivity index (χ1n) is 8.79. The second kappa shape index (κ2) is 7.90. The zero-order valence-corrected chi connectivity index (χ0v) is 18.6. The highest BCUT2D eigenvalue weighted by Gasteiger charge is 2.24. The van der Waals surface area contributed by atoms with Gasteiger partial charge in [0.25, 0.3) is 0 Å². The molecule has 0 radical (unpaired) electrons. The molecule has 0 saturated carbocycles. The van der Waals surface area contributed by atoms with E-state index >= 15 is 0 Å². The lowest BCUT2D eigenvalue weighted by atomic mass is 9.99. The SMILES string of the molecule is Cc1cc(C2=CCN(c3nc(C)n(Cc4ccc(Br)s4)c(=O)n3)C[C@@H]2O)cs1. The summed E-state index contributed by atoms with van der Waals surface area (Å²) in [5.74, 6) is 0.971. The van der Waals surface area contributed by atoms with E-state index in [1.807, 2.05) is 30.0 Å². The highest BCUT2D eigenvalue weighted by Crippen LogP contribution is 2.28. The van der Waals surface area contributed by atoms with E-state index in [9.17, 15) is 9.90 Å². The van der Waals surface area contributed by atoms with Crippen molar-refractivity contribution in [2.75, 3.05) is 18.0 Å². The number of nitrogens with zero attached hydrogens (tertiary/aromatic N) is 4. The second-order valence-corrected chi connectivity index (χ2v) is 10.3. The van der Waals surface area contributed by atoms with Crippen molar-refractivity contribution in [3.05, 3.63) is 65.1 Å². The summed E-state index contributed by atoms with van der Waals surface area (Å²) in [7, 11) is 0. The third kappa shape index (κ3) is 3.98. The zero-order chi connectivity index (χ0) is 19.8. The lowest BCUT2D eigenvalue weighted by Crippen LogP contribution is -2.40. The van der Waals surface area contributed by atoms with Crippen molar-refractivity contribution in [1.82, 2.24) is 14.5 Å². The van der Waals surface area contributed by atoms with Crippen molar-refractivity contribution in [3.63, 3.8) is 0 Å². The molecule has 0 aliphatic carbocycles. The Kier molecular flexibility index (Phi) is 5.50. The topological polar surface area (TPSA) is 71.2 Å². The number of aromatic nitrogens is 3. The second-order valence-electron chi connectivity index (χ2n) is 6.67. The number of thiophene rings is 2. The third-order valence-electron chi connectivity index (χ3n) is 4.65. The van der Waals surface area contributed by atoms with Crippen molar-refractivity contribution < 1.29 is 5.11 Å². The molecule has 0 saturated heterocycles. The van der Waals surface area contributed by atoms with E-state index in [0.29, 0.717) is 31.4 Å². The molecular formula is C19H19BrN4O2S2. The minimum Gasteiger partial charge on any atom is -0.387 e. The maximum absolute atomic E-state index is 12.6. The molecule has 1 aliphatic heterocycles. The molecule has 0 amide bonds. The zero-order valence-electron chi connectivity index (χ0n) is 15.4. The summed E-state index contributed by atoms with van der Waals surface area (Å²) in [5.41, 5.74) is 1.66. The predicted octanol–water partition coefficient (Wildman–Crippen LogP) is 3.45. The van der Waals surface area contributed by atoms with Crippen LogP contribution < -0.4 is 10.6 Å². The van der Waals surface area contributed by atoms with Gasteiger partial charge >= 0.3 is 5.69 Å². The molecule has 4 rings (SSSR count). The van der Waals surface area contributed by atoms with Crippen molar-refractivity contribution in [1.29, 1.82) is 0 Å². The summed E-state index contributed by atoms with van der Waals surface area (Å²) in [6.07, 6.45) is 1.35. The van der Waals surface area contributed by atoms with Crippen molar-refractivity contribution in [3.8, 4) is 0 Å². The van der Waals surface area contributed by atoms with Gasteiger partial charge in [-0.15, -0.1) is 22.7 Å². The van der Waals surface area contributed by atoms with E-state index in [4.69, 9.17) is 0 Å². The molecular weight excluding hydrogens is 460 g/mol. The third-order valence-corrected chi connectivity index (χ3v) is 7.12. The van der Waals surface area contributed by atoms with Crippen LogP contribution in [0.3, 0.4) is 0 Å². The van der Waals surface area contributed by atoms with Crippen LogP contribution in [-0.4, -0.2) is 38.8 Å². The first-order valence-corrected chi connectivity index (χ1v) is 11.3. The smallest absolute Gasteiger partial charge is 0.352 e. The maximum Gasteiger partial charge on any atom is 0.352 e. The fourth-order valence-electron chi connectivity index (χ4n) is 3.23. The number of anilines is 1. The van der Waals surface area contributed by atoms with Gasteiger partial charge in [-0.05, 0) is 64.5 Å². The number of hydrogen-bond acceptors (Lipinski definition) is 7. The minimum absolute atomic E-state index is 0.329. The first kappa shape index (κ1) is 19.5. The van der Waals surface area contributed by atoms with Crippen LogP contribution in [0, 0.1) is 13.8 Å². The highest BCUT2D eigenvalue weighted by molar-refractivity contribution is 9.11. The largest absolute Gasteiger partial charge is 0.387 e. The average molecular weight is 479 g/mol. The molecule has 3 aromatic heterocycles. The Hall–Kier alpha value is -1.81. The van der Waals surface area contributed by atoms with Gasteiger partial charge in [0.2, 0.25) is 5.95 Å². The van der Waals surface area contributed by atoms with Gasteiger partial charge < -0.3 is 10.0 Å². The van der Waals surface area contributed by atoms with Crippen LogP contribution in [-0.2, 0) is 6.54 Å². The number of aliphatic hydroxyl groups excluding tert-OH is 1. The number of β-amino-alcohol motifs (C(OH)–C–C–N with tert-alkyl or cyclic N) is 1. The molecule has 28 heavy (non-hydrogen) atoms. The molecule has 9 heteroatoms. The van der Waals surface area contributed by atoms with Gasteiger partial charge in [-0.25, -0.2) is 4.79 Å². The van der Waals surface area contributed by atoms with Gasteiger partial charge in [0, 0.05) is 16.3 Å². The Labute approximate surface area is 179 Å². The van der Waals surface area contributed by atoms with Crippen molar-refractivity contribution >= 4 is 50.1 Å². The number of aliphatic hydroxyl groups is 1. The van der Waals surface area contributed by atoms with Gasteiger partial charge in [0.15, 0.2) is 0 Å². The van der Waals surface area contributed by atoms with Crippen LogP contribution in [0.25, 0.3) is 5.57 Å². The summed E-state index contributed by atoms with van der Waals surface area (Å²) in [4.78, 5) is 25.4. The number of halogens is 1. The van der Waals surface area contributed by atoms with E-state index in [-0.39, 0.29) is 5.69 Å². The number of hydrogen-bond donors (Lipinski definition) is 1. The molecule has 1 aliphatic rings. The molecule has 146 valence electrons. The Morgan fingerprint density at radius 1 is 1.32 bits per heavy atom. The summed E-state index contributed by atoms with van der Waals surface area (Å²) < 4.78 is 2.59. The Bertz CT molecular complexity index is 1100. The lowest BCUT2D eigenvalue weighted by Gasteiger charge is -2.30. The Morgan fingerprint density at radius 2 is 2.14 bits per heavy atom. The normalized spacial score (nSPS) is 17.1. The van der Waals surface area contributed by atoms with E-state index in [1.165, 1.54) is 4.88 Å². The molecule has 0 bridgehead atoms. The molecule has 1 N–H and O–H groups in total. The van der Waals surface area contributed by atoms with Gasteiger partial charge in [-0.2, -0.15) is 9.97 Å². The molecule has 0 spiro atoms. The highest BCUT2D eigenvalue weighted by atomic mass is 79.9. The van der Waals surface area contributed by atoms with Crippen LogP contribution in [0.15, 0.2) is 38.2 Å². The molecule has 6 nitrogen and oxygen atoms in total. The van der Waals surface area contributed by atoms with Gasteiger partial charge in [-0.1, -0.05) is 6.08 Å². The molecule has 0 unspecified atom stereocenters. The van der Waals surface area contributed by atoms with E-state index < -0.39 is 6.10 Å². The van der Waals surface area contributed by atoms with Gasteiger partial charge in [0.1, 0.15) is 5.82 Å². The van der Waals surface area contributed by atoms with Crippen LogP contribution in [0.5, 0.6) is 0 Å². The van der Waals surface area contributed by atoms with Crippen LogP contribution in [0.2, 0.25) is 0 Å². The summed E-state index contributed by atoms with van der Waals surface area (Å²) in [6.45, 7) is 5.23. The standard InChI is InChI=1S/C19H19BrN4O2S2/c1-11-7-13(10-27-11)15-5-6-23(9-16(15)25)18-21-12(2)24(19(26)22-18)8-14-3-4-17(20)28-14/h3-5,7,10,16,25H,6,8-9H2,1-2H3/t16-/m0/s1. The van der Waals surface area contributed by atoms with Crippen LogP contribution in [0.1, 0.15) is 21.1 Å². The quantitative estimate of drug-likeness (QED) is 0.621. The fourth-order valence-corrected chi connectivity index (χ4v) is 5.41. The van der Waals surface area contributed by atoms with E-state index in [0.717, 1.165) is 19.8 Å². The summed E-state index contributed by atoms with van der Waals surface area (Å²) in [5, 5.41) is 12.7. The molecule has 0 aromatic carbocycles. The first-order chi connectivity index (χ1) is 13.4. The average Bonchev–Trinajstić information content (AvgIpc) is 3.26. The van der Waals surface area contributed by atoms with Crippen molar-refractivity contribution in [2.45, 2.75) is 26.5 Å². The summed E-state index contributed by atoms with van der Waals surface area (Å²) in [6, 6.07) is 6.03. The minimum atomic E-state index is -0.641. The molecule has 3 aromatic rings. The number of rotatable bonds is 4. The van der Waals surface area contributed by atoms with E-state index in [1.54, 1.807) is 27.2 Å². The van der Waals surface area contributed by atoms with Crippen LogP contribution in [0.4, 0.5) is 5.95 Å². The van der Waals surface area contributed by atoms with Gasteiger partial charge in [-0.3, -0.25) is 4.57 Å². The monoisotopic (exact) mass is 478 g/mol. The molecule has 1 atom stereocenters. The predicted molar refractivity (Wildman–Crippen MR) is 117 cm³/mol. The fraction of sp³-hybridized carbons (Fsp3) is 0.316. The summed E-state index contributed by atoms with van der Waals surface area (Å²) >= 11 is 6.69. The Morgan fingerprint density at radius 3 is 2.75 bits per heavy atom.